The van der Waals surface area contributed by atoms with E-state index in [1.165, 1.54) is 11.8 Å². The lowest BCUT2D eigenvalue weighted by Gasteiger charge is -2.09. The van der Waals surface area contributed by atoms with Crippen molar-refractivity contribution in [2.24, 2.45) is 7.05 Å². The molecule has 0 saturated heterocycles. The highest BCUT2D eigenvalue weighted by atomic mass is 32.2. The second-order valence-corrected chi connectivity index (χ2v) is 5.77. The number of hydrogen-bond donors (Lipinski definition) is 1. The van der Waals surface area contributed by atoms with Gasteiger partial charge < -0.3 is 5.11 Å². The molecule has 0 radical (unpaired) electrons. The van der Waals surface area contributed by atoms with E-state index >= 15 is 0 Å². The van der Waals surface area contributed by atoms with E-state index in [-0.39, 0.29) is 5.75 Å². The van der Waals surface area contributed by atoms with Crippen molar-refractivity contribution in [2.45, 2.75) is 30.5 Å². The summed E-state index contributed by atoms with van der Waals surface area (Å²) in [5.41, 5.74) is 1.05. The third kappa shape index (κ3) is 2.69. The van der Waals surface area contributed by atoms with Crippen LogP contribution in [0.15, 0.2) is 17.4 Å². The van der Waals surface area contributed by atoms with Crippen LogP contribution >= 0.6 is 11.8 Å². The number of thioether (sulfide) groups is 1. The van der Waals surface area contributed by atoms with Gasteiger partial charge in [0.25, 0.3) is 0 Å². The molecule has 1 N–H and O–H groups in total. The van der Waals surface area contributed by atoms with E-state index in [0.717, 1.165) is 24.4 Å². The van der Waals surface area contributed by atoms with Crippen molar-refractivity contribution in [1.29, 1.82) is 0 Å². The molecule has 20 heavy (non-hydrogen) atoms. The van der Waals surface area contributed by atoms with Gasteiger partial charge in [-0.3, -0.25) is 14.0 Å². The zero-order chi connectivity index (χ0) is 14.1. The van der Waals surface area contributed by atoms with Crippen LogP contribution in [-0.2, 0) is 18.4 Å². The summed E-state index contributed by atoms with van der Waals surface area (Å²) in [6.07, 6.45) is 4.01. The molecule has 2 aromatic rings. The molecular formula is C12H15N5O2S. The Morgan fingerprint density at radius 2 is 2.30 bits per heavy atom. The molecule has 2 aromatic heterocycles. The molecule has 0 atom stereocenters. The number of carbonyl (C=O) groups is 1. The van der Waals surface area contributed by atoms with Gasteiger partial charge in [0.15, 0.2) is 5.16 Å². The second-order valence-electron chi connectivity index (χ2n) is 4.83. The fourth-order valence-electron chi connectivity index (χ4n) is 2.04. The topological polar surface area (TPSA) is 85.8 Å². The van der Waals surface area contributed by atoms with Crippen molar-refractivity contribution in [3.05, 3.63) is 23.8 Å². The van der Waals surface area contributed by atoms with Gasteiger partial charge in [-0.25, -0.2) is 0 Å². The van der Waals surface area contributed by atoms with Crippen LogP contribution in [0.1, 0.15) is 30.3 Å². The van der Waals surface area contributed by atoms with Crippen LogP contribution in [0, 0.1) is 0 Å². The summed E-state index contributed by atoms with van der Waals surface area (Å²) in [6.45, 7) is 0.622. The molecular weight excluding hydrogens is 278 g/mol. The van der Waals surface area contributed by atoms with E-state index in [1.807, 2.05) is 22.4 Å². The zero-order valence-electron chi connectivity index (χ0n) is 11.1. The first kappa shape index (κ1) is 13.2. The molecule has 3 rings (SSSR count). The van der Waals surface area contributed by atoms with Crippen LogP contribution < -0.4 is 0 Å². The van der Waals surface area contributed by atoms with E-state index in [9.17, 15) is 4.79 Å². The Morgan fingerprint density at radius 1 is 1.50 bits per heavy atom. The van der Waals surface area contributed by atoms with Crippen LogP contribution in [0.25, 0.3) is 0 Å². The highest BCUT2D eigenvalue weighted by Gasteiger charge is 2.30. The van der Waals surface area contributed by atoms with Crippen LogP contribution in [0.3, 0.4) is 0 Å². The third-order valence-corrected chi connectivity index (χ3v) is 4.21. The minimum Gasteiger partial charge on any atom is -0.481 e. The normalized spacial score (nSPS) is 14.7. The molecule has 0 spiro atoms. The second kappa shape index (κ2) is 5.28. The maximum Gasteiger partial charge on any atom is 0.313 e. The monoisotopic (exact) mass is 293 g/mol. The molecule has 1 aliphatic carbocycles. The number of carboxylic acids is 1. The lowest BCUT2D eigenvalue weighted by molar-refractivity contribution is -0.133. The van der Waals surface area contributed by atoms with Crippen molar-refractivity contribution in [2.75, 3.05) is 5.75 Å². The third-order valence-electron chi connectivity index (χ3n) is 3.26. The lowest BCUT2D eigenvalue weighted by Crippen LogP contribution is -2.10. The first-order valence-corrected chi connectivity index (χ1v) is 7.38. The highest BCUT2D eigenvalue weighted by molar-refractivity contribution is 7.99. The molecule has 0 aliphatic heterocycles. The van der Waals surface area contributed by atoms with Crippen molar-refractivity contribution >= 4 is 17.7 Å². The minimum atomic E-state index is -0.849. The van der Waals surface area contributed by atoms with E-state index in [4.69, 9.17) is 5.11 Å². The van der Waals surface area contributed by atoms with E-state index in [0.29, 0.717) is 17.6 Å². The molecule has 1 fully saturated rings. The Morgan fingerprint density at radius 3 is 2.90 bits per heavy atom. The Kier molecular flexibility index (Phi) is 3.47. The summed E-state index contributed by atoms with van der Waals surface area (Å²) in [4.78, 5) is 10.7. The fraction of sp³-hybridized carbons (Fsp3) is 0.500. The maximum atomic E-state index is 10.7. The Balaban J connectivity index is 1.87. The predicted octanol–water partition coefficient (Wildman–Crippen LogP) is 1.11. The number of rotatable bonds is 6. The Bertz CT molecular complexity index is 632. The summed E-state index contributed by atoms with van der Waals surface area (Å²) >= 11 is 1.21. The number of nitrogens with zero attached hydrogens (tertiary/aromatic N) is 5. The predicted molar refractivity (Wildman–Crippen MR) is 72.7 cm³/mol. The molecule has 7 nitrogen and oxygen atoms in total. The maximum absolute atomic E-state index is 10.7. The van der Waals surface area contributed by atoms with Gasteiger partial charge in [-0.2, -0.15) is 5.10 Å². The van der Waals surface area contributed by atoms with Crippen molar-refractivity contribution in [1.82, 2.24) is 24.5 Å². The van der Waals surface area contributed by atoms with Crippen molar-refractivity contribution in [3.63, 3.8) is 0 Å². The Hall–Kier alpha value is -1.83. The van der Waals surface area contributed by atoms with Gasteiger partial charge in [-0.05, 0) is 18.9 Å². The molecule has 0 amide bonds. The summed E-state index contributed by atoms with van der Waals surface area (Å²) in [5.74, 6) is 0.570. The average molecular weight is 293 g/mol. The number of aromatic nitrogens is 5. The number of aliphatic carboxylic acids is 1. The number of hydrogen-bond acceptors (Lipinski definition) is 5. The molecule has 0 aromatic carbocycles. The average Bonchev–Trinajstić information content (AvgIpc) is 3.06. The summed E-state index contributed by atoms with van der Waals surface area (Å²) in [5, 5.41) is 22.0. The molecule has 0 unspecified atom stereocenters. The van der Waals surface area contributed by atoms with Gasteiger partial charge in [-0.15, -0.1) is 10.2 Å². The van der Waals surface area contributed by atoms with E-state index < -0.39 is 5.97 Å². The number of aryl methyl sites for hydroxylation is 1. The first-order valence-electron chi connectivity index (χ1n) is 6.39. The first-order chi connectivity index (χ1) is 9.65. The summed E-state index contributed by atoms with van der Waals surface area (Å²) in [7, 11) is 1.89. The molecule has 0 bridgehead atoms. The SMILES string of the molecule is Cn1nccc1Cn1c(SCC(=O)O)nnc1C1CC1. The Labute approximate surface area is 120 Å². The smallest absolute Gasteiger partial charge is 0.313 e. The van der Waals surface area contributed by atoms with E-state index in [1.54, 1.807) is 6.20 Å². The lowest BCUT2D eigenvalue weighted by atomic mass is 10.3. The summed E-state index contributed by atoms with van der Waals surface area (Å²) < 4.78 is 3.82. The highest BCUT2D eigenvalue weighted by Crippen LogP contribution is 2.40. The van der Waals surface area contributed by atoms with Crippen LogP contribution in [0.2, 0.25) is 0 Å². The van der Waals surface area contributed by atoms with Crippen LogP contribution in [-0.4, -0.2) is 41.4 Å². The van der Waals surface area contributed by atoms with Crippen molar-refractivity contribution < 1.29 is 9.90 Å². The fourth-order valence-corrected chi connectivity index (χ4v) is 2.71. The standard InChI is InChI=1S/C12H15N5O2S/c1-16-9(4-5-13-16)6-17-11(8-2-3-8)14-15-12(17)20-7-10(18)19/h4-5,8H,2-3,6-7H2,1H3,(H,18,19). The summed E-state index contributed by atoms with van der Waals surface area (Å²) in [6, 6.07) is 1.95. The van der Waals surface area contributed by atoms with Crippen LogP contribution in [0.5, 0.6) is 0 Å². The van der Waals surface area contributed by atoms with Crippen LogP contribution in [0.4, 0.5) is 0 Å². The van der Waals surface area contributed by atoms with E-state index in [2.05, 4.69) is 15.3 Å². The largest absolute Gasteiger partial charge is 0.481 e. The van der Waals surface area contributed by atoms with Gasteiger partial charge in [0.2, 0.25) is 0 Å². The molecule has 8 heteroatoms. The van der Waals surface area contributed by atoms with Gasteiger partial charge >= 0.3 is 5.97 Å². The van der Waals surface area contributed by atoms with Gasteiger partial charge in [0, 0.05) is 19.2 Å². The quantitative estimate of drug-likeness (QED) is 0.803. The van der Waals surface area contributed by atoms with Gasteiger partial charge in [-0.1, -0.05) is 11.8 Å². The zero-order valence-corrected chi connectivity index (χ0v) is 11.9. The molecule has 1 aliphatic rings. The minimum absolute atomic E-state index is 0.00577. The van der Waals surface area contributed by atoms with Gasteiger partial charge in [0.05, 0.1) is 18.0 Å². The molecule has 106 valence electrons. The number of carboxylic acid groups (broad SMARTS) is 1. The van der Waals surface area contributed by atoms with Gasteiger partial charge in [0.1, 0.15) is 5.82 Å². The van der Waals surface area contributed by atoms with Crippen molar-refractivity contribution in [3.8, 4) is 0 Å². The molecule has 1 saturated carbocycles. The molecule has 2 heterocycles.